The summed E-state index contributed by atoms with van der Waals surface area (Å²) in [5.74, 6) is 0.0774. The standard InChI is InChI=1S/C13H18N2O3/c1-4-18-13(17)11-7-12(9-5-10(16)6-9)15(14-11)8(2)3/h7-9H,4-6H2,1-3H3. The number of rotatable bonds is 4. The second-order valence-corrected chi connectivity index (χ2v) is 4.86. The highest BCUT2D eigenvalue weighted by Crippen LogP contribution is 2.35. The van der Waals surface area contributed by atoms with Crippen LogP contribution in [0.25, 0.3) is 0 Å². The summed E-state index contributed by atoms with van der Waals surface area (Å²) in [7, 11) is 0. The van der Waals surface area contributed by atoms with Crippen LogP contribution in [0.2, 0.25) is 0 Å². The molecule has 0 spiro atoms. The van der Waals surface area contributed by atoms with Crippen LogP contribution in [-0.2, 0) is 9.53 Å². The lowest BCUT2D eigenvalue weighted by atomic mass is 9.81. The maximum atomic E-state index is 11.7. The monoisotopic (exact) mass is 250 g/mol. The van der Waals surface area contributed by atoms with Gasteiger partial charge < -0.3 is 4.74 Å². The first-order chi connectivity index (χ1) is 8.52. The van der Waals surface area contributed by atoms with Crippen molar-refractivity contribution in [2.24, 2.45) is 0 Å². The first kappa shape index (κ1) is 12.8. The van der Waals surface area contributed by atoms with Crippen molar-refractivity contribution in [3.63, 3.8) is 0 Å². The SMILES string of the molecule is CCOC(=O)c1cc(C2CC(=O)C2)n(C(C)C)n1. The van der Waals surface area contributed by atoms with E-state index in [-0.39, 0.29) is 17.7 Å². The summed E-state index contributed by atoms with van der Waals surface area (Å²) in [6.45, 7) is 6.12. The average Bonchev–Trinajstić information content (AvgIpc) is 2.69. The van der Waals surface area contributed by atoms with E-state index in [2.05, 4.69) is 5.10 Å². The first-order valence-electron chi connectivity index (χ1n) is 6.31. The molecule has 0 aromatic carbocycles. The smallest absolute Gasteiger partial charge is 0.358 e. The van der Waals surface area contributed by atoms with Gasteiger partial charge in [0.15, 0.2) is 5.69 Å². The summed E-state index contributed by atoms with van der Waals surface area (Å²) in [5, 5.41) is 4.29. The van der Waals surface area contributed by atoms with Crippen molar-refractivity contribution in [3.05, 3.63) is 17.5 Å². The van der Waals surface area contributed by atoms with Gasteiger partial charge in [0, 0.05) is 30.5 Å². The zero-order chi connectivity index (χ0) is 13.3. The van der Waals surface area contributed by atoms with E-state index in [0.717, 1.165) is 5.69 Å². The Morgan fingerprint density at radius 1 is 1.56 bits per heavy atom. The van der Waals surface area contributed by atoms with Crippen LogP contribution >= 0.6 is 0 Å². The molecule has 0 radical (unpaired) electrons. The molecule has 0 atom stereocenters. The maximum Gasteiger partial charge on any atom is 0.358 e. The highest BCUT2D eigenvalue weighted by atomic mass is 16.5. The molecule has 0 saturated heterocycles. The number of Topliss-reactive ketones (excluding diaryl/α,β-unsaturated/α-hetero) is 1. The summed E-state index contributed by atoms with van der Waals surface area (Å²) in [6, 6.07) is 1.92. The third kappa shape index (κ3) is 2.30. The summed E-state index contributed by atoms with van der Waals surface area (Å²) in [5.41, 5.74) is 1.30. The van der Waals surface area contributed by atoms with Crippen molar-refractivity contribution in [2.45, 2.75) is 45.6 Å². The molecule has 0 aliphatic heterocycles. The van der Waals surface area contributed by atoms with Gasteiger partial charge in [-0.2, -0.15) is 5.10 Å². The van der Waals surface area contributed by atoms with E-state index in [1.807, 2.05) is 18.5 Å². The molecule has 1 fully saturated rings. The third-order valence-electron chi connectivity index (χ3n) is 3.10. The lowest BCUT2D eigenvalue weighted by Gasteiger charge is -2.25. The van der Waals surface area contributed by atoms with Crippen LogP contribution in [0.1, 0.15) is 61.8 Å². The molecule has 0 unspecified atom stereocenters. The molecule has 1 aliphatic carbocycles. The van der Waals surface area contributed by atoms with Gasteiger partial charge in [-0.25, -0.2) is 4.79 Å². The van der Waals surface area contributed by atoms with E-state index in [1.165, 1.54) is 0 Å². The minimum atomic E-state index is -0.399. The van der Waals surface area contributed by atoms with Gasteiger partial charge in [0.25, 0.3) is 0 Å². The number of carbonyl (C=O) groups excluding carboxylic acids is 2. The molecule has 18 heavy (non-hydrogen) atoms. The quantitative estimate of drug-likeness (QED) is 0.768. The molecule has 98 valence electrons. The van der Waals surface area contributed by atoms with E-state index < -0.39 is 5.97 Å². The van der Waals surface area contributed by atoms with Gasteiger partial charge in [-0.3, -0.25) is 9.48 Å². The van der Waals surface area contributed by atoms with Crippen LogP contribution in [0.3, 0.4) is 0 Å². The number of ketones is 1. The summed E-state index contributed by atoms with van der Waals surface area (Å²) in [4.78, 5) is 22.7. The Kier molecular flexibility index (Phi) is 3.50. The summed E-state index contributed by atoms with van der Waals surface area (Å²) < 4.78 is 6.77. The molecule has 0 N–H and O–H groups in total. The number of esters is 1. The normalized spacial score (nSPS) is 15.9. The van der Waals surface area contributed by atoms with Crippen molar-refractivity contribution >= 4 is 11.8 Å². The van der Waals surface area contributed by atoms with Crippen molar-refractivity contribution < 1.29 is 14.3 Å². The van der Waals surface area contributed by atoms with Gasteiger partial charge in [-0.15, -0.1) is 0 Å². The fraction of sp³-hybridized carbons (Fsp3) is 0.615. The zero-order valence-electron chi connectivity index (χ0n) is 11.0. The van der Waals surface area contributed by atoms with Crippen molar-refractivity contribution in [1.29, 1.82) is 0 Å². The molecular formula is C13H18N2O3. The first-order valence-corrected chi connectivity index (χ1v) is 6.31. The Labute approximate surface area is 106 Å². The van der Waals surface area contributed by atoms with Gasteiger partial charge in [-0.05, 0) is 26.8 Å². The Bertz CT molecular complexity index is 469. The number of ether oxygens (including phenoxy) is 1. The van der Waals surface area contributed by atoms with Gasteiger partial charge >= 0.3 is 5.97 Å². The maximum absolute atomic E-state index is 11.7. The second-order valence-electron chi connectivity index (χ2n) is 4.86. The van der Waals surface area contributed by atoms with E-state index in [4.69, 9.17) is 4.74 Å². The Morgan fingerprint density at radius 2 is 2.22 bits per heavy atom. The molecule has 5 nitrogen and oxygen atoms in total. The van der Waals surface area contributed by atoms with Crippen LogP contribution in [-0.4, -0.2) is 28.1 Å². The molecule has 1 saturated carbocycles. The van der Waals surface area contributed by atoms with Crippen molar-refractivity contribution in [1.82, 2.24) is 9.78 Å². The molecule has 1 aromatic heterocycles. The minimum Gasteiger partial charge on any atom is -0.461 e. The lowest BCUT2D eigenvalue weighted by Crippen LogP contribution is -2.24. The van der Waals surface area contributed by atoms with Gasteiger partial charge in [-0.1, -0.05) is 0 Å². The minimum absolute atomic E-state index is 0.166. The zero-order valence-corrected chi connectivity index (χ0v) is 11.0. The molecule has 5 heteroatoms. The number of aromatic nitrogens is 2. The van der Waals surface area contributed by atoms with Crippen molar-refractivity contribution in [2.75, 3.05) is 6.61 Å². The Balaban J connectivity index is 2.27. The van der Waals surface area contributed by atoms with Crippen LogP contribution < -0.4 is 0 Å². The number of hydrogen-bond donors (Lipinski definition) is 0. The van der Waals surface area contributed by atoms with Gasteiger partial charge in [0.05, 0.1) is 6.61 Å². The molecule has 0 amide bonds. The van der Waals surface area contributed by atoms with Gasteiger partial charge in [0.2, 0.25) is 0 Å². The van der Waals surface area contributed by atoms with E-state index in [1.54, 1.807) is 13.0 Å². The van der Waals surface area contributed by atoms with Crippen molar-refractivity contribution in [3.8, 4) is 0 Å². The second kappa shape index (κ2) is 4.92. The number of nitrogens with zero attached hydrogens (tertiary/aromatic N) is 2. The van der Waals surface area contributed by atoms with Crippen LogP contribution in [0.5, 0.6) is 0 Å². The molecule has 2 rings (SSSR count). The van der Waals surface area contributed by atoms with E-state index in [0.29, 0.717) is 25.1 Å². The fourth-order valence-corrected chi connectivity index (χ4v) is 2.13. The predicted molar refractivity (Wildman–Crippen MR) is 65.6 cm³/mol. The van der Waals surface area contributed by atoms with Crippen LogP contribution in [0.15, 0.2) is 6.07 Å². The molecule has 1 aromatic rings. The highest BCUT2D eigenvalue weighted by molar-refractivity contribution is 5.88. The topological polar surface area (TPSA) is 61.2 Å². The molecule has 1 heterocycles. The summed E-state index contributed by atoms with van der Waals surface area (Å²) in [6.07, 6.45) is 1.11. The average molecular weight is 250 g/mol. The van der Waals surface area contributed by atoms with E-state index >= 15 is 0 Å². The van der Waals surface area contributed by atoms with Gasteiger partial charge in [0.1, 0.15) is 5.78 Å². The number of carbonyl (C=O) groups is 2. The largest absolute Gasteiger partial charge is 0.461 e. The Morgan fingerprint density at radius 3 is 2.72 bits per heavy atom. The summed E-state index contributed by atoms with van der Waals surface area (Å²) >= 11 is 0. The fourth-order valence-electron chi connectivity index (χ4n) is 2.13. The number of hydrogen-bond acceptors (Lipinski definition) is 4. The van der Waals surface area contributed by atoms with E-state index in [9.17, 15) is 9.59 Å². The molecular weight excluding hydrogens is 232 g/mol. The molecule has 0 bridgehead atoms. The van der Waals surface area contributed by atoms with Crippen LogP contribution in [0, 0.1) is 0 Å². The lowest BCUT2D eigenvalue weighted by molar-refractivity contribution is -0.124. The van der Waals surface area contributed by atoms with Crippen LogP contribution in [0.4, 0.5) is 0 Å². The third-order valence-corrected chi connectivity index (χ3v) is 3.10. The Hall–Kier alpha value is -1.65. The predicted octanol–water partition coefficient (Wildman–Crippen LogP) is 2.09. The molecule has 1 aliphatic rings. The highest BCUT2D eigenvalue weighted by Gasteiger charge is 2.32.